The van der Waals surface area contributed by atoms with E-state index in [-0.39, 0.29) is 17.3 Å². The quantitative estimate of drug-likeness (QED) is 0.499. The molecule has 0 saturated carbocycles. The van der Waals surface area contributed by atoms with Crippen LogP contribution < -0.4 is 20.7 Å². The van der Waals surface area contributed by atoms with Crippen LogP contribution in [0.1, 0.15) is 22.5 Å². The Morgan fingerprint density at radius 1 is 1.19 bits per heavy atom. The molecule has 1 amide bonds. The van der Waals surface area contributed by atoms with Crippen LogP contribution in [0.5, 0.6) is 5.88 Å². The predicted molar refractivity (Wildman–Crippen MR) is 105 cm³/mol. The minimum Gasteiger partial charge on any atom is -0.477 e. The van der Waals surface area contributed by atoms with Gasteiger partial charge in [0.2, 0.25) is 11.8 Å². The SMILES string of the molecule is O=C(Nc1ccc(OC[C@@H]2CCNC2)nc1)c1cnoc1Nc1cnc(C(F)(F)F)cn1. The van der Waals surface area contributed by atoms with E-state index in [9.17, 15) is 18.0 Å². The summed E-state index contributed by atoms with van der Waals surface area (Å²) in [6.07, 6.45) is 0.499. The molecule has 0 radical (unpaired) electrons. The van der Waals surface area contributed by atoms with Crippen LogP contribution in [0.25, 0.3) is 0 Å². The van der Waals surface area contributed by atoms with Gasteiger partial charge in [0, 0.05) is 18.5 Å². The van der Waals surface area contributed by atoms with Crippen molar-refractivity contribution in [3.8, 4) is 5.88 Å². The highest BCUT2D eigenvalue weighted by molar-refractivity contribution is 6.07. The fourth-order valence-corrected chi connectivity index (χ4v) is 2.94. The lowest BCUT2D eigenvalue weighted by Crippen LogP contribution is -2.16. The lowest BCUT2D eigenvalue weighted by Gasteiger charge is -2.10. The molecule has 1 aliphatic rings. The van der Waals surface area contributed by atoms with E-state index in [0.29, 0.717) is 30.3 Å². The number of aromatic nitrogens is 4. The predicted octanol–water partition coefficient (Wildman–Crippen LogP) is 2.86. The number of carbonyl (C=O) groups is 1. The van der Waals surface area contributed by atoms with Crippen LogP contribution in [0.4, 0.5) is 30.6 Å². The number of ether oxygens (including phenoxy) is 1. The van der Waals surface area contributed by atoms with Crippen molar-refractivity contribution in [2.24, 2.45) is 5.92 Å². The van der Waals surface area contributed by atoms with Gasteiger partial charge in [0.25, 0.3) is 5.91 Å². The topological polar surface area (TPSA) is 127 Å². The molecule has 0 bridgehead atoms. The largest absolute Gasteiger partial charge is 0.477 e. The third-order valence-electron chi connectivity index (χ3n) is 4.62. The molecule has 10 nitrogen and oxygen atoms in total. The van der Waals surface area contributed by atoms with E-state index in [0.717, 1.165) is 31.9 Å². The number of nitrogens with one attached hydrogen (secondary N) is 3. The van der Waals surface area contributed by atoms with Crippen molar-refractivity contribution in [1.82, 2.24) is 25.4 Å². The number of carbonyl (C=O) groups excluding carboxylic acids is 1. The van der Waals surface area contributed by atoms with Gasteiger partial charge >= 0.3 is 6.18 Å². The van der Waals surface area contributed by atoms with E-state index >= 15 is 0 Å². The Hall–Kier alpha value is -3.74. The molecule has 13 heteroatoms. The summed E-state index contributed by atoms with van der Waals surface area (Å²) < 4.78 is 48.4. The Morgan fingerprint density at radius 3 is 2.72 bits per heavy atom. The smallest absolute Gasteiger partial charge is 0.434 e. The van der Waals surface area contributed by atoms with Gasteiger partial charge in [0.05, 0.1) is 37.1 Å². The number of rotatable bonds is 7. The minimum absolute atomic E-state index is 0.0146. The third-order valence-corrected chi connectivity index (χ3v) is 4.62. The molecular formula is C19H18F3N7O3. The molecule has 168 valence electrons. The first-order valence-corrected chi connectivity index (χ1v) is 9.60. The number of nitrogens with zero attached hydrogens (tertiary/aromatic N) is 4. The fourth-order valence-electron chi connectivity index (χ4n) is 2.94. The van der Waals surface area contributed by atoms with Crippen molar-refractivity contribution in [2.75, 3.05) is 30.3 Å². The monoisotopic (exact) mass is 449 g/mol. The fraction of sp³-hybridized carbons (Fsp3) is 0.316. The second-order valence-corrected chi connectivity index (χ2v) is 6.99. The van der Waals surface area contributed by atoms with Gasteiger partial charge in [-0.25, -0.2) is 15.0 Å². The van der Waals surface area contributed by atoms with E-state index in [4.69, 9.17) is 9.26 Å². The van der Waals surface area contributed by atoms with Gasteiger partial charge in [-0.15, -0.1) is 0 Å². The van der Waals surface area contributed by atoms with Gasteiger partial charge in [-0.2, -0.15) is 13.2 Å². The van der Waals surface area contributed by atoms with Gasteiger partial charge < -0.3 is 25.2 Å². The summed E-state index contributed by atoms with van der Waals surface area (Å²) in [7, 11) is 0. The third kappa shape index (κ3) is 5.29. The van der Waals surface area contributed by atoms with Gasteiger partial charge in [-0.1, -0.05) is 5.16 Å². The molecule has 32 heavy (non-hydrogen) atoms. The van der Waals surface area contributed by atoms with Crippen LogP contribution in [-0.2, 0) is 6.18 Å². The maximum absolute atomic E-state index is 12.6. The number of amides is 1. The Morgan fingerprint density at radius 2 is 2.06 bits per heavy atom. The first-order chi connectivity index (χ1) is 15.4. The highest BCUT2D eigenvalue weighted by Crippen LogP contribution is 2.27. The Kier molecular flexibility index (Phi) is 6.16. The molecule has 3 N–H and O–H groups in total. The summed E-state index contributed by atoms with van der Waals surface area (Å²) in [4.78, 5) is 23.6. The van der Waals surface area contributed by atoms with E-state index in [1.165, 1.54) is 6.20 Å². The molecule has 0 spiro atoms. The molecule has 3 aromatic heterocycles. The Balaban J connectivity index is 1.35. The summed E-state index contributed by atoms with van der Waals surface area (Å²) in [5.74, 6) is 0.174. The first kappa shape index (κ1) is 21.5. The molecule has 0 unspecified atom stereocenters. The van der Waals surface area contributed by atoms with E-state index in [1.807, 2.05) is 0 Å². The number of hydrogen-bond acceptors (Lipinski definition) is 9. The molecule has 3 aromatic rings. The highest BCUT2D eigenvalue weighted by atomic mass is 19.4. The Bertz CT molecular complexity index is 1050. The molecule has 0 aliphatic carbocycles. The van der Waals surface area contributed by atoms with Gasteiger partial charge in [0.15, 0.2) is 11.5 Å². The van der Waals surface area contributed by atoms with Crippen LogP contribution in [0.3, 0.4) is 0 Å². The van der Waals surface area contributed by atoms with Crippen molar-refractivity contribution >= 4 is 23.3 Å². The summed E-state index contributed by atoms with van der Waals surface area (Å²) in [5.41, 5.74) is -0.717. The lowest BCUT2D eigenvalue weighted by atomic mass is 10.1. The summed E-state index contributed by atoms with van der Waals surface area (Å²) in [5, 5.41) is 12.0. The van der Waals surface area contributed by atoms with E-state index in [1.54, 1.807) is 12.1 Å². The van der Waals surface area contributed by atoms with Crippen molar-refractivity contribution in [2.45, 2.75) is 12.6 Å². The second kappa shape index (κ2) is 9.18. The summed E-state index contributed by atoms with van der Waals surface area (Å²) in [6.45, 7) is 2.47. The average Bonchev–Trinajstić information content (AvgIpc) is 3.45. The van der Waals surface area contributed by atoms with Crippen molar-refractivity contribution in [3.05, 3.63) is 48.2 Å². The maximum Gasteiger partial charge on any atom is 0.434 e. The minimum atomic E-state index is -4.61. The van der Waals surface area contributed by atoms with Crippen molar-refractivity contribution in [3.63, 3.8) is 0 Å². The molecular weight excluding hydrogens is 431 g/mol. The van der Waals surface area contributed by atoms with Crippen LogP contribution in [0.15, 0.2) is 41.4 Å². The Labute approximate surface area is 179 Å². The van der Waals surface area contributed by atoms with Crippen LogP contribution >= 0.6 is 0 Å². The molecule has 4 heterocycles. The van der Waals surface area contributed by atoms with E-state index < -0.39 is 17.8 Å². The number of alkyl halides is 3. The highest BCUT2D eigenvalue weighted by Gasteiger charge is 2.32. The van der Waals surface area contributed by atoms with Crippen molar-refractivity contribution in [1.29, 1.82) is 0 Å². The normalized spacial score (nSPS) is 16.0. The number of halogens is 3. The number of pyridine rings is 1. The van der Waals surface area contributed by atoms with Gasteiger partial charge in [-0.05, 0) is 19.0 Å². The average molecular weight is 449 g/mol. The van der Waals surface area contributed by atoms with Crippen LogP contribution in [0.2, 0.25) is 0 Å². The zero-order valence-electron chi connectivity index (χ0n) is 16.5. The van der Waals surface area contributed by atoms with Crippen LogP contribution in [-0.4, -0.2) is 45.7 Å². The molecule has 1 fully saturated rings. The molecule has 1 atom stereocenters. The summed E-state index contributed by atoms with van der Waals surface area (Å²) >= 11 is 0. The lowest BCUT2D eigenvalue weighted by molar-refractivity contribution is -0.141. The zero-order valence-corrected chi connectivity index (χ0v) is 16.5. The second-order valence-electron chi connectivity index (χ2n) is 6.99. The molecule has 4 rings (SSSR count). The van der Waals surface area contributed by atoms with Gasteiger partial charge in [0.1, 0.15) is 5.56 Å². The molecule has 0 aromatic carbocycles. The van der Waals surface area contributed by atoms with E-state index in [2.05, 4.69) is 36.1 Å². The number of anilines is 3. The molecule has 1 aliphatic heterocycles. The van der Waals surface area contributed by atoms with Gasteiger partial charge in [-0.3, -0.25) is 4.79 Å². The van der Waals surface area contributed by atoms with Crippen molar-refractivity contribution < 1.29 is 27.2 Å². The zero-order chi connectivity index (χ0) is 22.6. The summed E-state index contributed by atoms with van der Waals surface area (Å²) in [6, 6.07) is 3.28. The first-order valence-electron chi connectivity index (χ1n) is 9.60. The maximum atomic E-state index is 12.6. The number of hydrogen-bond donors (Lipinski definition) is 3. The van der Waals surface area contributed by atoms with Crippen LogP contribution in [0, 0.1) is 5.92 Å². The standard InChI is InChI=1S/C19H18F3N7O3/c20-19(21,22)14-8-25-15(9-24-14)29-18-13(7-27-32-18)17(30)28-12-1-2-16(26-6-12)31-10-11-3-4-23-5-11/h1-2,6-9,11,23H,3-5,10H2,(H,25,29)(H,28,30)/t11-/m1/s1. The molecule has 1 saturated heterocycles.